The second-order valence-electron chi connectivity index (χ2n) is 12.8. The molecule has 3 nitrogen and oxygen atoms in total. The van der Waals surface area contributed by atoms with Crippen LogP contribution in [0.1, 0.15) is 108 Å². The van der Waals surface area contributed by atoms with E-state index in [-0.39, 0.29) is 10.8 Å². The van der Waals surface area contributed by atoms with Gasteiger partial charge >= 0.3 is 0 Å². The monoisotopic (exact) mass is 589 g/mol. The molecule has 41 heavy (non-hydrogen) atoms. The first-order chi connectivity index (χ1) is 19.9. The molecule has 1 N–H and O–H groups in total. The van der Waals surface area contributed by atoms with E-state index in [1.54, 1.807) is 0 Å². The van der Waals surface area contributed by atoms with Crippen LogP contribution >= 0.6 is 7.92 Å². The first kappa shape index (κ1) is 30.5. The predicted molar refractivity (Wildman–Crippen MR) is 177 cm³/mol. The van der Waals surface area contributed by atoms with E-state index in [1.165, 1.54) is 80.6 Å². The summed E-state index contributed by atoms with van der Waals surface area (Å²) in [5, 5.41) is 1.43. The molecule has 2 atom stereocenters. The van der Waals surface area contributed by atoms with Crippen LogP contribution in [-0.2, 0) is 17.6 Å². The third-order valence-electron chi connectivity index (χ3n) is 8.69. The van der Waals surface area contributed by atoms with Crippen molar-refractivity contribution in [2.75, 3.05) is 0 Å². The Hall–Kier alpha value is -2.00. The molecule has 3 aromatic rings. The van der Waals surface area contributed by atoms with Gasteiger partial charge in [0.2, 0.25) is 0 Å². The largest absolute Gasteiger partial charge is 0.488 e. The Kier molecular flexibility index (Phi) is 10.7. The standard InChI is InChI=1S/C36H48NO2PS/c1-36(2,3)41(38)37-34(29-19-10-5-11-20-29)32-25-16-26-33(39-27-28-17-8-4-9-18-28)35(32)40(30-21-12-6-13-22-30)31-23-14-7-15-24-31/h4-5,8-11,16-20,25-26,30-31,34,37H,6-7,12-15,21-24,27H2,1-3H3/t34-,41-/m1/s1. The van der Waals surface area contributed by atoms with E-state index in [4.69, 9.17) is 4.74 Å². The Bertz CT molecular complexity index is 1230. The Labute approximate surface area is 252 Å². The molecule has 220 valence electrons. The third kappa shape index (κ3) is 7.89. The molecular formula is C36H48NO2PS. The van der Waals surface area contributed by atoms with E-state index in [9.17, 15) is 4.21 Å². The van der Waals surface area contributed by atoms with Crippen LogP contribution in [0.2, 0.25) is 0 Å². The summed E-state index contributed by atoms with van der Waals surface area (Å²) in [7, 11) is -1.68. The highest BCUT2D eigenvalue weighted by atomic mass is 32.2. The van der Waals surface area contributed by atoms with Crippen LogP contribution in [0.4, 0.5) is 0 Å². The molecule has 5 rings (SSSR count). The van der Waals surface area contributed by atoms with E-state index in [1.807, 2.05) is 0 Å². The Morgan fingerprint density at radius 3 is 1.90 bits per heavy atom. The lowest BCUT2D eigenvalue weighted by Gasteiger charge is -2.41. The predicted octanol–water partition coefficient (Wildman–Crippen LogP) is 9.18. The average molecular weight is 590 g/mol. The van der Waals surface area contributed by atoms with Gasteiger partial charge in [-0.25, -0.2) is 8.93 Å². The van der Waals surface area contributed by atoms with Crippen LogP contribution in [0.25, 0.3) is 0 Å². The van der Waals surface area contributed by atoms with Crippen LogP contribution in [-0.4, -0.2) is 20.3 Å². The minimum absolute atomic E-state index is 0.163. The molecule has 0 radical (unpaired) electrons. The normalized spacial score (nSPS) is 18.7. The van der Waals surface area contributed by atoms with Gasteiger partial charge in [-0.15, -0.1) is 0 Å². The topological polar surface area (TPSA) is 38.3 Å². The summed E-state index contributed by atoms with van der Waals surface area (Å²) >= 11 is 0. The molecule has 2 saturated carbocycles. The van der Waals surface area contributed by atoms with E-state index in [0.29, 0.717) is 6.61 Å². The van der Waals surface area contributed by atoms with Crippen molar-refractivity contribution < 1.29 is 8.95 Å². The highest BCUT2D eigenvalue weighted by Gasteiger charge is 2.37. The fourth-order valence-corrected chi connectivity index (χ4v) is 11.4. The zero-order valence-corrected chi connectivity index (χ0v) is 26.9. The summed E-state index contributed by atoms with van der Waals surface area (Å²) in [6, 6.07) is 27.7. The Morgan fingerprint density at radius 1 is 0.780 bits per heavy atom. The summed E-state index contributed by atoms with van der Waals surface area (Å²) in [4.78, 5) is 0. The highest BCUT2D eigenvalue weighted by Crippen LogP contribution is 2.57. The maximum Gasteiger partial charge on any atom is 0.127 e. The minimum Gasteiger partial charge on any atom is -0.488 e. The third-order valence-corrected chi connectivity index (χ3v) is 13.9. The molecule has 2 aliphatic carbocycles. The molecule has 0 amide bonds. The van der Waals surface area contributed by atoms with Gasteiger partial charge < -0.3 is 4.74 Å². The smallest absolute Gasteiger partial charge is 0.127 e. The van der Waals surface area contributed by atoms with Crippen LogP contribution < -0.4 is 14.8 Å². The molecule has 0 spiro atoms. The second-order valence-corrected chi connectivity index (χ2v) is 17.5. The molecule has 0 bridgehead atoms. The average Bonchev–Trinajstić information content (AvgIpc) is 3.01. The van der Waals surface area contributed by atoms with Crippen LogP contribution in [0, 0.1) is 0 Å². The maximum atomic E-state index is 13.7. The van der Waals surface area contributed by atoms with Gasteiger partial charge in [0, 0.05) is 5.30 Å². The Balaban J connectivity index is 1.65. The Morgan fingerprint density at radius 2 is 1.34 bits per heavy atom. The number of hydrogen-bond acceptors (Lipinski definition) is 2. The van der Waals surface area contributed by atoms with Crippen molar-refractivity contribution in [1.29, 1.82) is 0 Å². The van der Waals surface area contributed by atoms with Gasteiger partial charge in [0.15, 0.2) is 0 Å². The van der Waals surface area contributed by atoms with Crippen molar-refractivity contribution in [3.63, 3.8) is 0 Å². The molecule has 3 aromatic carbocycles. The van der Waals surface area contributed by atoms with Gasteiger partial charge in [0.05, 0.1) is 21.8 Å². The maximum absolute atomic E-state index is 13.7. The van der Waals surface area contributed by atoms with Gasteiger partial charge in [0.1, 0.15) is 12.4 Å². The van der Waals surface area contributed by atoms with Crippen molar-refractivity contribution in [2.24, 2.45) is 0 Å². The number of rotatable bonds is 10. The molecule has 0 aromatic heterocycles. The summed E-state index contributed by atoms with van der Waals surface area (Å²) in [5.41, 5.74) is 5.07. The summed E-state index contributed by atoms with van der Waals surface area (Å²) in [6.07, 6.45) is 13.4. The van der Waals surface area contributed by atoms with Crippen LogP contribution in [0.5, 0.6) is 5.75 Å². The van der Waals surface area contributed by atoms with E-state index in [2.05, 4.69) is 104 Å². The number of benzene rings is 3. The molecule has 2 fully saturated rings. The van der Waals surface area contributed by atoms with Crippen molar-refractivity contribution in [3.05, 3.63) is 95.6 Å². The minimum atomic E-state index is -1.22. The van der Waals surface area contributed by atoms with Crippen molar-refractivity contribution in [2.45, 2.75) is 114 Å². The zero-order valence-electron chi connectivity index (χ0n) is 25.2. The second kappa shape index (κ2) is 14.5. The molecule has 0 aliphatic heterocycles. The van der Waals surface area contributed by atoms with Gasteiger partial charge in [-0.2, -0.15) is 0 Å². The number of ether oxygens (including phenoxy) is 1. The van der Waals surface area contributed by atoms with E-state index < -0.39 is 18.9 Å². The summed E-state index contributed by atoms with van der Waals surface area (Å²) in [6.45, 7) is 6.72. The van der Waals surface area contributed by atoms with Gasteiger partial charge in [-0.05, 0) is 80.5 Å². The van der Waals surface area contributed by atoms with Gasteiger partial charge in [-0.1, -0.05) is 119 Å². The number of nitrogens with one attached hydrogen (secondary N) is 1. The summed E-state index contributed by atoms with van der Waals surface area (Å²) < 4.78 is 23.7. The number of hydrogen-bond donors (Lipinski definition) is 1. The van der Waals surface area contributed by atoms with Gasteiger partial charge in [-0.3, -0.25) is 0 Å². The molecule has 0 unspecified atom stereocenters. The lowest BCUT2D eigenvalue weighted by molar-refractivity contribution is 0.308. The molecular weight excluding hydrogens is 541 g/mol. The van der Waals surface area contributed by atoms with Gasteiger partial charge in [0.25, 0.3) is 0 Å². The lowest BCUT2D eigenvalue weighted by atomic mass is 9.99. The van der Waals surface area contributed by atoms with Crippen molar-refractivity contribution in [1.82, 2.24) is 4.72 Å². The van der Waals surface area contributed by atoms with E-state index >= 15 is 0 Å². The van der Waals surface area contributed by atoms with Crippen molar-refractivity contribution >= 4 is 24.2 Å². The molecule has 0 heterocycles. The van der Waals surface area contributed by atoms with Crippen LogP contribution in [0.3, 0.4) is 0 Å². The molecule has 0 saturated heterocycles. The quantitative estimate of drug-likeness (QED) is 0.240. The molecule has 5 heteroatoms. The van der Waals surface area contributed by atoms with Crippen LogP contribution in [0.15, 0.2) is 78.9 Å². The van der Waals surface area contributed by atoms with E-state index in [0.717, 1.165) is 22.6 Å². The first-order valence-corrected chi connectivity index (χ1v) is 18.4. The van der Waals surface area contributed by atoms with Crippen molar-refractivity contribution in [3.8, 4) is 5.75 Å². The molecule has 2 aliphatic rings. The highest BCUT2D eigenvalue weighted by molar-refractivity contribution is 7.84. The first-order valence-electron chi connectivity index (χ1n) is 15.7. The summed E-state index contributed by atoms with van der Waals surface area (Å²) in [5.74, 6) is 1.04. The fraction of sp³-hybridized carbons (Fsp3) is 0.500. The SMILES string of the molecule is CC(C)(C)[S@@](=O)N[C@H](c1ccccc1)c1cccc(OCc2ccccc2)c1P(C1CCCCC1)C1CCCCC1. The fourth-order valence-electron chi connectivity index (χ4n) is 6.52. The zero-order chi connectivity index (χ0) is 28.7. The lowest BCUT2D eigenvalue weighted by Crippen LogP contribution is -2.38.